The highest BCUT2D eigenvalue weighted by atomic mass is 16.5. The first-order valence-corrected chi connectivity index (χ1v) is 12.9. The minimum absolute atomic E-state index is 0.443. The molecule has 0 radical (unpaired) electrons. The van der Waals surface area contributed by atoms with E-state index in [1.165, 1.54) is 33.3 Å². The van der Waals surface area contributed by atoms with E-state index in [1.54, 1.807) is 0 Å². The fourth-order valence-corrected chi connectivity index (χ4v) is 4.79. The Morgan fingerprint density at radius 1 is 0.806 bits per heavy atom. The number of imidazole rings is 1. The Kier molecular flexibility index (Phi) is 7.18. The average molecular weight is 475 g/mol. The van der Waals surface area contributed by atoms with Crippen LogP contribution in [0.5, 0.6) is 5.75 Å². The number of aryl methyl sites for hydroxylation is 2. The largest absolute Gasteiger partial charge is 0.493 e. The SMILES string of the molecule is Cc1ccc(C(C)C)c(OCCCn2c(Cc3ccc(-c4ccccc4)cc3)nc3ccccc32)c1. The summed E-state index contributed by atoms with van der Waals surface area (Å²) in [4.78, 5) is 5.00. The van der Waals surface area contributed by atoms with E-state index >= 15 is 0 Å². The van der Waals surface area contributed by atoms with E-state index in [1.807, 2.05) is 0 Å². The van der Waals surface area contributed by atoms with Crippen LogP contribution >= 0.6 is 0 Å². The average Bonchev–Trinajstić information content (AvgIpc) is 3.24. The van der Waals surface area contributed by atoms with Gasteiger partial charge in [0.1, 0.15) is 11.6 Å². The lowest BCUT2D eigenvalue weighted by Gasteiger charge is -2.15. The van der Waals surface area contributed by atoms with Gasteiger partial charge in [0.05, 0.1) is 17.6 Å². The second kappa shape index (κ2) is 10.8. The number of fused-ring (bicyclic) bond motifs is 1. The van der Waals surface area contributed by atoms with Gasteiger partial charge in [0.2, 0.25) is 0 Å². The molecule has 0 N–H and O–H groups in total. The van der Waals surface area contributed by atoms with Gasteiger partial charge in [-0.25, -0.2) is 4.98 Å². The summed E-state index contributed by atoms with van der Waals surface area (Å²) in [5.74, 6) is 2.55. The van der Waals surface area contributed by atoms with Crippen molar-refractivity contribution in [1.29, 1.82) is 0 Å². The molecular formula is C33H34N2O. The van der Waals surface area contributed by atoms with Crippen LogP contribution in [0.25, 0.3) is 22.2 Å². The van der Waals surface area contributed by atoms with Crippen molar-refractivity contribution < 1.29 is 4.74 Å². The normalized spacial score (nSPS) is 11.3. The summed E-state index contributed by atoms with van der Waals surface area (Å²) >= 11 is 0. The van der Waals surface area contributed by atoms with Crippen LogP contribution in [0.3, 0.4) is 0 Å². The van der Waals surface area contributed by atoms with Crippen LogP contribution in [0.15, 0.2) is 97.1 Å². The van der Waals surface area contributed by atoms with Crippen molar-refractivity contribution in [2.24, 2.45) is 0 Å². The zero-order valence-corrected chi connectivity index (χ0v) is 21.4. The predicted octanol–water partition coefficient (Wildman–Crippen LogP) is 8.20. The number of nitrogens with zero attached hydrogens (tertiary/aromatic N) is 2. The fraction of sp³-hybridized carbons (Fsp3) is 0.242. The van der Waals surface area contributed by atoms with Crippen LogP contribution in [0.1, 0.15) is 48.7 Å². The molecule has 3 heteroatoms. The van der Waals surface area contributed by atoms with Gasteiger partial charge in [0.15, 0.2) is 0 Å². The molecule has 0 saturated heterocycles. The topological polar surface area (TPSA) is 27.1 Å². The highest BCUT2D eigenvalue weighted by molar-refractivity contribution is 5.76. The lowest BCUT2D eigenvalue weighted by atomic mass is 10.0. The molecular weight excluding hydrogens is 440 g/mol. The lowest BCUT2D eigenvalue weighted by Crippen LogP contribution is -2.09. The molecule has 0 unspecified atom stereocenters. The predicted molar refractivity (Wildman–Crippen MR) is 150 cm³/mol. The van der Waals surface area contributed by atoms with E-state index in [-0.39, 0.29) is 0 Å². The Hall–Kier alpha value is -3.85. The Morgan fingerprint density at radius 2 is 1.53 bits per heavy atom. The molecule has 0 aliphatic heterocycles. The van der Waals surface area contributed by atoms with Crippen molar-refractivity contribution in [1.82, 2.24) is 9.55 Å². The monoisotopic (exact) mass is 474 g/mol. The van der Waals surface area contributed by atoms with Gasteiger partial charge in [0, 0.05) is 13.0 Å². The Morgan fingerprint density at radius 3 is 2.31 bits per heavy atom. The van der Waals surface area contributed by atoms with Crippen molar-refractivity contribution in [2.45, 2.75) is 46.1 Å². The van der Waals surface area contributed by atoms with E-state index in [2.05, 4.69) is 122 Å². The van der Waals surface area contributed by atoms with Gasteiger partial charge in [0.25, 0.3) is 0 Å². The molecule has 0 aliphatic rings. The van der Waals surface area contributed by atoms with Crippen LogP contribution in [0, 0.1) is 6.92 Å². The molecule has 5 aromatic rings. The first-order chi connectivity index (χ1) is 17.6. The number of rotatable bonds is 9. The van der Waals surface area contributed by atoms with Gasteiger partial charge < -0.3 is 9.30 Å². The molecule has 0 fully saturated rings. The summed E-state index contributed by atoms with van der Waals surface area (Å²) in [5, 5.41) is 0. The van der Waals surface area contributed by atoms with Crippen LogP contribution in [0.4, 0.5) is 0 Å². The smallest absolute Gasteiger partial charge is 0.123 e. The van der Waals surface area contributed by atoms with Crippen LogP contribution in [0.2, 0.25) is 0 Å². The molecule has 0 atom stereocenters. The number of ether oxygens (including phenoxy) is 1. The minimum atomic E-state index is 0.443. The third-order valence-electron chi connectivity index (χ3n) is 6.73. The number of aromatic nitrogens is 2. The summed E-state index contributed by atoms with van der Waals surface area (Å²) in [7, 11) is 0. The van der Waals surface area contributed by atoms with Gasteiger partial charge in [-0.05, 0) is 65.3 Å². The van der Waals surface area contributed by atoms with Gasteiger partial charge >= 0.3 is 0 Å². The first kappa shape index (κ1) is 23.9. The minimum Gasteiger partial charge on any atom is -0.493 e. The Labute approximate surface area is 214 Å². The van der Waals surface area contributed by atoms with Crippen molar-refractivity contribution in [3.63, 3.8) is 0 Å². The highest BCUT2D eigenvalue weighted by Crippen LogP contribution is 2.28. The molecule has 0 amide bonds. The zero-order valence-electron chi connectivity index (χ0n) is 21.4. The number of benzene rings is 4. The first-order valence-electron chi connectivity index (χ1n) is 12.9. The number of para-hydroxylation sites is 2. The second-order valence-electron chi connectivity index (χ2n) is 9.81. The number of hydrogen-bond donors (Lipinski definition) is 0. The maximum absolute atomic E-state index is 6.27. The lowest BCUT2D eigenvalue weighted by molar-refractivity contribution is 0.298. The van der Waals surface area contributed by atoms with Crippen LogP contribution in [-0.2, 0) is 13.0 Å². The molecule has 5 rings (SSSR count). The maximum Gasteiger partial charge on any atom is 0.123 e. The summed E-state index contributed by atoms with van der Waals surface area (Å²) < 4.78 is 8.63. The van der Waals surface area contributed by atoms with E-state index < -0.39 is 0 Å². The summed E-state index contributed by atoms with van der Waals surface area (Å²) in [6, 6.07) is 34.3. The van der Waals surface area contributed by atoms with Crippen molar-refractivity contribution in [3.05, 3.63) is 120 Å². The molecule has 182 valence electrons. The number of hydrogen-bond acceptors (Lipinski definition) is 2. The maximum atomic E-state index is 6.27. The van der Waals surface area contributed by atoms with E-state index in [4.69, 9.17) is 9.72 Å². The molecule has 0 saturated carbocycles. The van der Waals surface area contributed by atoms with Crippen LogP contribution in [-0.4, -0.2) is 16.2 Å². The molecule has 0 bridgehead atoms. The summed E-state index contributed by atoms with van der Waals surface area (Å²) in [6.45, 7) is 8.11. The van der Waals surface area contributed by atoms with E-state index in [0.29, 0.717) is 12.5 Å². The highest BCUT2D eigenvalue weighted by Gasteiger charge is 2.12. The van der Waals surface area contributed by atoms with Gasteiger partial charge in [-0.1, -0.05) is 92.7 Å². The molecule has 4 aromatic carbocycles. The second-order valence-corrected chi connectivity index (χ2v) is 9.81. The molecule has 36 heavy (non-hydrogen) atoms. The summed E-state index contributed by atoms with van der Waals surface area (Å²) in [5.41, 5.74) is 8.49. The van der Waals surface area contributed by atoms with Gasteiger partial charge in [-0.15, -0.1) is 0 Å². The zero-order chi connectivity index (χ0) is 24.9. The Bertz CT molecular complexity index is 1430. The third-order valence-corrected chi connectivity index (χ3v) is 6.73. The molecule has 1 aromatic heterocycles. The van der Waals surface area contributed by atoms with Crippen molar-refractivity contribution in [2.75, 3.05) is 6.61 Å². The molecule has 1 heterocycles. The van der Waals surface area contributed by atoms with Crippen molar-refractivity contribution >= 4 is 11.0 Å². The van der Waals surface area contributed by atoms with Gasteiger partial charge in [-0.3, -0.25) is 0 Å². The fourth-order valence-electron chi connectivity index (χ4n) is 4.79. The standard InChI is InChI=1S/C33H34N2O/c1-24(2)29-19-14-25(3)22-32(29)36-21-9-20-35-31-13-8-7-12-30(31)34-33(35)23-26-15-17-28(18-16-26)27-10-5-4-6-11-27/h4-8,10-19,22,24H,9,20-21,23H2,1-3H3. The van der Waals surface area contributed by atoms with Gasteiger partial charge in [-0.2, -0.15) is 0 Å². The van der Waals surface area contributed by atoms with Crippen molar-refractivity contribution in [3.8, 4) is 16.9 Å². The van der Waals surface area contributed by atoms with Crippen LogP contribution < -0.4 is 4.74 Å². The molecule has 3 nitrogen and oxygen atoms in total. The Balaban J connectivity index is 1.31. The molecule has 0 aliphatic carbocycles. The van der Waals surface area contributed by atoms with E-state index in [9.17, 15) is 0 Å². The molecule has 0 spiro atoms. The van der Waals surface area contributed by atoms with E-state index in [0.717, 1.165) is 36.5 Å². The summed E-state index contributed by atoms with van der Waals surface area (Å²) in [6.07, 6.45) is 1.73. The quantitative estimate of drug-likeness (QED) is 0.201. The third kappa shape index (κ3) is 5.36.